The van der Waals surface area contributed by atoms with E-state index in [1.54, 1.807) is 19.2 Å². The Morgan fingerprint density at radius 3 is 2.35 bits per heavy atom. The Labute approximate surface area is 121 Å². The van der Waals surface area contributed by atoms with Crippen LogP contribution >= 0.6 is 0 Å². The van der Waals surface area contributed by atoms with Gasteiger partial charge in [-0.3, -0.25) is 0 Å². The van der Waals surface area contributed by atoms with Crippen molar-refractivity contribution in [2.24, 2.45) is 5.92 Å². The quantitative estimate of drug-likeness (QED) is 0.929. The third-order valence-corrected chi connectivity index (χ3v) is 6.39. The number of hydrogen-bond acceptors (Lipinski definition) is 3. The molecule has 1 aliphatic carbocycles. The lowest BCUT2D eigenvalue weighted by Crippen LogP contribution is -2.39. The molecule has 1 N–H and O–H groups in total. The van der Waals surface area contributed by atoms with Gasteiger partial charge in [-0.05, 0) is 43.7 Å². The minimum Gasteiger partial charge on any atom is -0.507 e. The smallest absolute Gasteiger partial charge is 0.246 e. The first-order chi connectivity index (χ1) is 9.46. The molecule has 0 saturated heterocycles. The second-order valence-corrected chi connectivity index (χ2v) is 7.54. The Morgan fingerprint density at radius 1 is 1.20 bits per heavy atom. The summed E-state index contributed by atoms with van der Waals surface area (Å²) in [6, 6.07) is 6.17. The van der Waals surface area contributed by atoms with Crippen LogP contribution < -0.4 is 0 Å². The molecule has 0 aromatic heterocycles. The second kappa shape index (κ2) is 6.14. The lowest BCUT2D eigenvalue weighted by Gasteiger charge is -2.33. The summed E-state index contributed by atoms with van der Waals surface area (Å²) in [6.07, 6.45) is 5.15. The second-order valence-electron chi connectivity index (χ2n) is 5.57. The predicted octanol–water partition coefficient (Wildman–Crippen LogP) is 2.98. The van der Waals surface area contributed by atoms with E-state index in [0.29, 0.717) is 0 Å². The van der Waals surface area contributed by atoms with E-state index in [-0.39, 0.29) is 16.7 Å². The van der Waals surface area contributed by atoms with E-state index >= 15 is 0 Å². The zero-order valence-corrected chi connectivity index (χ0v) is 12.9. The molecule has 0 unspecified atom stereocenters. The highest BCUT2D eigenvalue weighted by molar-refractivity contribution is 7.89. The number of sulfonamides is 1. The van der Waals surface area contributed by atoms with Crippen LogP contribution in [-0.4, -0.2) is 30.9 Å². The number of rotatable bonds is 4. The largest absolute Gasteiger partial charge is 0.507 e. The minimum absolute atomic E-state index is 0.000106. The molecule has 0 atom stereocenters. The zero-order chi connectivity index (χ0) is 14.8. The van der Waals surface area contributed by atoms with Crippen LogP contribution in [0.3, 0.4) is 0 Å². The summed E-state index contributed by atoms with van der Waals surface area (Å²) in [5.41, 5.74) is 0. The fraction of sp³-hybridized carbons (Fsp3) is 0.600. The maximum Gasteiger partial charge on any atom is 0.246 e. The van der Waals surface area contributed by atoms with Crippen molar-refractivity contribution in [1.82, 2.24) is 4.31 Å². The van der Waals surface area contributed by atoms with Gasteiger partial charge in [0.2, 0.25) is 10.0 Å². The van der Waals surface area contributed by atoms with Gasteiger partial charge >= 0.3 is 0 Å². The Morgan fingerprint density at radius 2 is 1.80 bits per heavy atom. The summed E-state index contributed by atoms with van der Waals surface area (Å²) in [6.45, 7) is 2.19. The first kappa shape index (κ1) is 15.3. The van der Waals surface area contributed by atoms with Crippen LogP contribution in [0.4, 0.5) is 0 Å². The number of aromatic hydroxyl groups is 1. The molecule has 5 heteroatoms. The molecule has 0 heterocycles. The fourth-order valence-electron chi connectivity index (χ4n) is 2.94. The number of phenolic OH excluding ortho intramolecular Hbond substituents is 1. The van der Waals surface area contributed by atoms with E-state index in [1.807, 2.05) is 0 Å². The van der Waals surface area contributed by atoms with Crippen molar-refractivity contribution in [2.75, 3.05) is 7.05 Å². The molecular weight excluding hydrogens is 274 g/mol. The zero-order valence-electron chi connectivity index (χ0n) is 12.1. The molecule has 0 amide bonds. The van der Waals surface area contributed by atoms with Gasteiger partial charge in [0.1, 0.15) is 10.6 Å². The summed E-state index contributed by atoms with van der Waals surface area (Å²) in [5.74, 6) is 0.550. The monoisotopic (exact) mass is 297 g/mol. The maximum atomic E-state index is 12.6. The summed E-state index contributed by atoms with van der Waals surface area (Å²) in [7, 11) is -1.99. The number of benzene rings is 1. The molecule has 2 rings (SSSR count). The van der Waals surface area contributed by atoms with E-state index in [9.17, 15) is 13.5 Å². The third kappa shape index (κ3) is 2.99. The summed E-state index contributed by atoms with van der Waals surface area (Å²) >= 11 is 0. The van der Waals surface area contributed by atoms with Gasteiger partial charge in [-0.2, -0.15) is 4.31 Å². The fourth-order valence-corrected chi connectivity index (χ4v) is 4.44. The molecule has 20 heavy (non-hydrogen) atoms. The molecule has 1 aliphatic rings. The van der Waals surface area contributed by atoms with E-state index in [2.05, 4.69) is 6.92 Å². The van der Waals surface area contributed by atoms with Gasteiger partial charge in [0.25, 0.3) is 0 Å². The number of phenols is 1. The van der Waals surface area contributed by atoms with Crippen molar-refractivity contribution in [3.8, 4) is 5.75 Å². The van der Waals surface area contributed by atoms with E-state index in [4.69, 9.17) is 0 Å². The van der Waals surface area contributed by atoms with Gasteiger partial charge in [0, 0.05) is 13.1 Å². The van der Waals surface area contributed by atoms with Crippen LogP contribution in [0, 0.1) is 5.92 Å². The minimum atomic E-state index is -3.61. The molecule has 1 aromatic carbocycles. The van der Waals surface area contributed by atoms with Crippen molar-refractivity contribution >= 4 is 10.0 Å². The normalized spacial score (nSPS) is 23.9. The van der Waals surface area contributed by atoms with Crippen LogP contribution in [0.15, 0.2) is 29.2 Å². The first-order valence-corrected chi connectivity index (χ1v) is 8.66. The highest BCUT2D eigenvalue weighted by Gasteiger charge is 2.32. The predicted molar refractivity (Wildman–Crippen MR) is 79.1 cm³/mol. The van der Waals surface area contributed by atoms with E-state index in [1.165, 1.54) is 22.9 Å². The van der Waals surface area contributed by atoms with Crippen LogP contribution in [0.25, 0.3) is 0 Å². The molecule has 4 nitrogen and oxygen atoms in total. The summed E-state index contributed by atoms with van der Waals surface area (Å²) in [5, 5.41) is 9.77. The average Bonchev–Trinajstić information content (AvgIpc) is 2.47. The molecule has 0 aliphatic heterocycles. The summed E-state index contributed by atoms with van der Waals surface area (Å²) < 4.78 is 26.6. The van der Waals surface area contributed by atoms with Crippen molar-refractivity contribution in [3.05, 3.63) is 24.3 Å². The van der Waals surface area contributed by atoms with Crippen LogP contribution in [0.1, 0.15) is 39.0 Å². The molecule has 0 radical (unpaired) electrons. The Bertz CT molecular complexity index is 548. The first-order valence-electron chi connectivity index (χ1n) is 7.22. The van der Waals surface area contributed by atoms with Crippen LogP contribution in [-0.2, 0) is 10.0 Å². The Kier molecular flexibility index (Phi) is 4.70. The Balaban J connectivity index is 2.16. The van der Waals surface area contributed by atoms with Crippen LogP contribution in [0.2, 0.25) is 0 Å². The van der Waals surface area contributed by atoms with Crippen molar-refractivity contribution in [1.29, 1.82) is 0 Å². The molecule has 1 fully saturated rings. The highest BCUT2D eigenvalue weighted by atomic mass is 32.2. The lowest BCUT2D eigenvalue weighted by molar-refractivity contribution is 0.232. The molecule has 1 saturated carbocycles. The summed E-state index contributed by atoms with van der Waals surface area (Å²) in [4.78, 5) is 0.000106. The van der Waals surface area contributed by atoms with Gasteiger partial charge in [-0.1, -0.05) is 25.5 Å². The third-order valence-electron chi connectivity index (χ3n) is 4.43. The van der Waals surface area contributed by atoms with Crippen molar-refractivity contribution in [2.45, 2.75) is 50.0 Å². The van der Waals surface area contributed by atoms with Crippen molar-refractivity contribution < 1.29 is 13.5 Å². The van der Waals surface area contributed by atoms with Gasteiger partial charge in [0.05, 0.1) is 0 Å². The molecule has 112 valence electrons. The van der Waals surface area contributed by atoms with Crippen molar-refractivity contribution in [3.63, 3.8) is 0 Å². The van der Waals surface area contributed by atoms with E-state index < -0.39 is 10.0 Å². The number of nitrogens with zero attached hydrogens (tertiary/aromatic N) is 1. The lowest BCUT2D eigenvalue weighted by atomic mass is 9.85. The number of hydrogen-bond donors (Lipinski definition) is 1. The molecule has 0 bridgehead atoms. The standard InChI is InChI=1S/C15H23NO3S/c1-3-12-8-10-13(11-9-12)16(2)20(18,19)15-7-5-4-6-14(15)17/h4-7,12-13,17H,3,8-11H2,1-2H3. The molecule has 0 spiro atoms. The maximum absolute atomic E-state index is 12.6. The highest BCUT2D eigenvalue weighted by Crippen LogP contribution is 2.33. The molecular formula is C15H23NO3S. The topological polar surface area (TPSA) is 57.6 Å². The van der Waals surface area contributed by atoms with Gasteiger partial charge in [0.15, 0.2) is 0 Å². The average molecular weight is 297 g/mol. The van der Waals surface area contributed by atoms with Gasteiger partial charge in [-0.25, -0.2) is 8.42 Å². The number of para-hydroxylation sites is 1. The van der Waals surface area contributed by atoms with E-state index in [0.717, 1.165) is 31.6 Å². The van der Waals surface area contributed by atoms with Crippen LogP contribution in [0.5, 0.6) is 5.75 Å². The van der Waals surface area contributed by atoms with Gasteiger partial charge < -0.3 is 5.11 Å². The van der Waals surface area contributed by atoms with Gasteiger partial charge in [-0.15, -0.1) is 0 Å². The molecule has 1 aromatic rings. The Hall–Kier alpha value is -1.07. The SMILES string of the molecule is CCC1CCC(N(C)S(=O)(=O)c2ccccc2O)CC1.